The average molecular weight is 370 g/mol. The van der Waals surface area contributed by atoms with Gasteiger partial charge in [-0.05, 0) is 18.4 Å². The SMILES string of the molecule is COC(=O)C(=O)C=C(O)c1ccc(SC)cc1.COC(=O)C(=O)OC. The molecule has 0 heterocycles. The third-order valence-electron chi connectivity index (χ3n) is 2.58. The van der Waals surface area contributed by atoms with E-state index in [0.717, 1.165) is 32.3 Å². The minimum Gasteiger partial charge on any atom is -0.507 e. The number of carbonyl (C=O) groups excluding carboxylic acids is 4. The summed E-state index contributed by atoms with van der Waals surface area (Å²) < 4.78 is 12.2. The molecule has 0 saturated heterocycles. The van der Waals surface area contributed by atoms with Gasteiger partial charge in [-0.3, -0.25) is 4.79 Å². The van der Waals surface area contributed by atoms with Crippen LogP contribution < -0.4 is 0 Å². The fraction of sp³-hybridized carbons (Fsp3) is 0.250. The molecule has 0 amide bonds. The van der Waals surface area contributed by atoms with Gasteiger partial charge < -0.3 is 19.3 Å². The first-order valence-electron chi connectivity index (χ1n) is 6.64. The Bertz CT molecular complexity index is 635. The van der Waals surface area contributed by atoms with Crippen LogP contribution in [0, 0.1) is 0 Å². The zero-order valence-electron chi connectivity index (χ0n) is 14.1. The highest BCUT2D eigenvalue weighted by atomic mass is 32.2. The lowest BCUT2D eigenvalue weighted by Crippen LogP contribution is -2.16. The molecule has 0 aromatic heterocycles. The predicted octanol–water partition coefficient (Wildman–Crippen LogP) is 1.38. The normalized spacial score (nSPS) is 10.0. The van der Waals surface area contributed by atoms with E-state index in [-0.39, 0.29) is 5.76 Å². The summed E-state index contributed by atoms with van der Waals surface area (Å²) in [6, 6.07) is 6.96. The Labute approximate surface area is 148 Å². The minimum atomic E-state index is -1.00. The Hall–Kier alpha value is -2.81. The third-order valence-corrected chi connectivity index (χ3v) is 3.32. The van der Waals surface area contributed by atoms with Crippen LogP contribution in [-0.4, -0.2) is 56.4 Å². The van der Waals surface area contributed by atoms with Gasteiger partial charge in [0.15, 0.2) is 0 Å². The Morgan fingerprint density at radius 2 is 1.32 bits per heavy atom. The van der Waals surface area contributed by atoms with Gasteiger partial charge in [0.2, 0.25) is 0 Å². The summed E-state index contributed by atoms with van der Waals surface area (Å²) in [7, 11) is 3.33. The number of thioether (sulfide) groups is 1. The summed E-state index contributed by atoms with van der Waals surface area (Å²) in [5.74, 6) is -4.11. The zero-order valence-corrected chi connectivity index (χ0v) is 14.9. The predicted molar refractivity (Wildman–Crippen MR) is 89.9 cm³/mol. The molecule has 0 spiro atoms. The second-order valence-electron chi connectivity index (χ2n) is 4.10. The minimum absolute atomic E-state index is 0.256. The summed E-state index contributed by atoms with van der Waals surface area (Å²) in [4.78, 5) is 43.1. The van der Waals surface area contributed by atoms with Crippen LogP contribution in [0.3, 0.4) is 0 Å². The number of rotatable bonds is 4. The maximum atomic E-state index is 11.2. The van der Waals surface area contributed by atoms with Crippen molar-refractivity contribution in [3.05, 3.63) is 35.9 Å². The second kappa shape index (κ2) is 11.7. The van der Waals surface area contributed by atoms with Gasteiger partial charge in [0.25, 0.3) is 5.78 Å². The van der Waals surface area contributed by atoms with Gasteiger partial charge in [0.1, 0.15) is 5.76 Å². The number of esters is 3. The maximum absolute atomic E-state index is 11.2. The Kier molecular flexibility index (Phi) is 10.4. The standard InChI is InChI=1S/C12H12O4S.C4H6O4/c1-16-12(15)11(14)7-10(13)8-3-5-9(17-2)6-4-8;1-7-3(5)4(6)8-2/h3-7,13H,1-2H3;1-2H3. The van der Waals surface area contributed by atoms with Crippen molar-refractivity contribution in [2.75, 3.05) is 27.6 Å². The van der Waals surface area contributed by atoms with E-state index in [0.29, 0.717) is 5.56 Å². The molecule has 0 fully saturated rings. The van der Waals surface area contributed by atoms with Crippen LogP contribution in [0.2, 0.25) is 0 Å². The summed E-state index contributed by atoms with van der Waals surface area (Å²) in [5, 5.41) is 9.62. The molecule has 0 radical (unpaired) electrons. The van der Waals surface area contributed by atoms with Gasteiger partial charge in [-0.1, -0.05) is 12.1 Å². The van der Waals surface area contributed by atoms with Gasteiger partial charge in [0.05, 0.1) is 21.3 Å². The lowest BCUT2D eigenvalue weighted by Gasteiger charge is -2.01. The molecule has 1 rings (SSSR count). The van der Waals surface area contributed by atoms with E-state index in [1.54, 1.807) is 23.9 Å². The monoisotopic (exact) mass is 370 g/mol. The highest BCUT2D eigenvalue weighted by Gasteiger charge is 2.13. The molecule has 8 nitrogen and oxygen atoms in total. The zero-order chi connectivity index (χ0) is 19.4. The van der Waals surface area contributed by atoms with Crippen molar-refractivity contribution in [2.24, 2.45) is 0 Å². The molecule has 0 aliphatic carbocycles. The molecule has 0 saturated carbocycles. The van der Waals surface area contributed by atoms with Crippen molar-refractivity contribution in [3.63, 3.8) is 0 Å². The number of methoxy groups -OCH3 is 3. The lowest BCUT2D eigenvalue weighted by atomic mass is 10.1. The van der Waals surface area contributed by atoms with Crippen molar-refractivity contribution >= 4 is 41.2 Å². The maximum Gasteiger partial charge on any atom is 0.417 e. The van der Waals surface area contributed by atoms with E-state index in [2.05, 4.69) is 14.2 Å². The molecule has 1 N–H and O–H groups in total. The van der Waals surface area contributed by atoms with Crippen LogP contribution in [-0.2, 0) is 33.4 Å². The Balaban J connectivity index is 0.000000609. The van der Waals surface area contributed by atoms with Crippen LogP contribution in [0.4, 0.5) is 0 Å². The molecule has 0 unspecified atom stereocenters. The molecule has 0 aliphatic heterocycles. The first kappa shape index (κ1) is 22.2. The highest BCUT2D eigenvalue weighted by molar-refractivity contribution is 7.98. The molecular weight excluding hydrogens is 352 g/mol. The van der Waals surface area contributed by atoms with Crippen LogP contribution >= 0.6 is 11.8 Å². The van der Waals surface area contributed by atoms with Crippen molar-refractivity contribution in [2.45, 2.75) is 4.90 Å². The molecule has 0 bridgehead atoms. The van der Waals surface area contributed by atoms with Crippen LogP contribution in [0.15, 0.2) is 35.2 Å². The first-order valence-corrected chi connectivity index (χ1v) is 7.86. The number of carbonyl (C=O) groups is 4. The number of ether oxygens (including phenoxy) is 3. The molecule has 9 heteroatoms. The van der Waals surface area contributed by atoms with Gasteiger partial charge in [-0.15, -0.1) is 11.8 Å². The number of aliphatic hydroxyl groups is 1. The van der Waals surface area contributed by atoms with Crippen molar-refractivity contribution < 1.29 is 38.5 Å². The highest BCUT2D eigenvalue weighted by Crippen LogP contribution is 2.18. The summed E-state index contributed by atoms with van der Waals surface area (Å²) >= 11 is 1.57. The van der Waals surface area contributed by atoms with Crippen LogP contribution in [0.5, 0.6) is 0 Å². The van der Waals surface area contributed by atoms with Crippen molar-refractivity contribution in [1.29, 1.82) is 0 Å². The smallest absolute Gasteiger partial charge is 0.417 e. The molecule has 1 aromatic rings. The van der Waals surface area contributed by atoms with E-state index in [1.807, 2.05) is 18.4 Å². The summed E-state index contributed by atoms with van der Waals surface area (Å²) in [5.41, 5.74) is 0.472. The van der Waals surface area contributed by atoms with E-state index < -0.39 is 23.7 Å². The second-order valence-corrected chi connectivity index (χ2v) is 4.98. The number of aliphatic hydroxyl groups excluding tert-OH is 1. The number of ketones is 1. The molecule has 136 valence electrons. The fourth-order valence-electron chi connectivity index (χ4n) is 1.30. The van der Waals surface area contributed by atoms with Crippen molar-refractivity contribution in [3.8, 4) is 0 Å². The topological polar surface area (TPSA) is 116 Å². The molecular formula is C16H18O8S. The molecule has 25 heavy (non-hydrogen) atoms. The largest absolute Gasteiger partial charge is 0.507 e. The number of hydrogen-bond acceptors (Lipinski definition) is 9. The molecule has 1 aromatic carbocycles. The molecule has 0 atom stereocenters. The van der Waals surface area contributed by atoms with Gasteiger partial charge in [-0.25, -0.2) is 14.4 Å². The Morgan fingerprint density at radius 3 is 1.68 bits per heavy atom. The van der Waals surface area contributed by atoms with Crippen LogP contribution in [0.1, 0.15) is 5.56 Å². The average Bonchev–Trinajstić information content (AvgIpc) is 2.66. The first-order chi connectivity index (χ1) is 11.8. The molecule has 0 aliphatic rings. The van der Waals surface area contributed by atoms with E-state index >= 15 is 0 Å². The van der Waals surface area contributed by atoms with Gasteiger partial charge in [-0.2, -0.15) is 0 Å². The van der Waals surface area contributed by atoms with Crippen molar-refractivity contribution in [1.82, 2.24) is 0 Å². The van der Waals surface area contributed by atoms with Gasteiger partial charge in [0, 0.05) is 16.5 Å². The third kappa shape index (κ3) is 8.02. The lowest BCUT2D eigenvalue weighted by molar-refractivity contribution is -0.164. The quantitative estimate of drug-likeness (QED) is 0.209. The Morgan fingerprint density at radius 1 is 0.880 bits per heavy atom. The van der Waals surface area contributed by atoms with E-state index in [1.165, 1.54) is 0 Å². The summed E-state index contributed by atoms with van der Waals surface area (Å²) in [6.45, 7) is 0. The van der Waals surface area contributed by atoms with Crippen LogP contribution in [0.25, 0.3) is 5.76 Å². The summed E-state index contributed by atoms with van der Waals surface area (Å²) in [6.07, 6.45) is 2.78. The number of hydrogen-bond donors (Lipinski definition) is 1. The fourth-order valence-corrected chi connectivity index (χ4v) is 1.70. The van der Waals surface area contributed by atoms with E-state index in [4.69, 9.17) is 0 Å². The number of benzene rings is 1. The van der Waals surface area contributed by atoms with Gasteiger partial charge >= 0.3 is 17.9 Å². The van der Waals surface area contributed by atoms with E-state index in [9.17, 15) is 24.3 Å².